The van der Waals surface area contributed by atoms with Gasteiger partial charge in [0.15, 0.2) is 0 Å². The van der Waals surface area contributed by atoms with E-state index < -0.39 is 11.9 Å². The van der Waals surface area contributed by atoms with Crippen LogP contribution in [-0.2, 0) is 0 Å². The summed E-state index contributed by atoms with van der Waals surface area (Å²) in [6.07, 6.45) is 3.26. The summed E-state index contributed by atoms with van der Waals surface area (Å²) in [4.78, 5) is 19.1. The first kappa shape index (κ1) is 20.4. The van der Waals surface area contributed by atoms with Gasteiger partial charge in [-0.05, 0) is 43.4 Å². The van der Waals surface area contributed by atoms with Gasteiger partial charge in [0, 0.05) is 26.2 Å². The molecule has 1 saturated heterocycles. The average molecular weight is 362 g/mol. The first-order valence-electron chi connectivity index (χ1n) is 9.36. The number of nitrogens with two attached hydrogens (primary N) is 1. The zero-order valence-corrected chi connectivity index (χ0v) is 16.2. The van der Waals surface area contributed by atoms with Crippen molar-refractivity contribution in [1.82, 2.24) is 9.88 Å². The third-order valence-corrected chi connectivity index (χ3v) is 5.59. The van der Waals surface area contributed by atoms with Gasteiger partial charge in [0.05, 0.1) is 5.69 Å². The predicted octanol–water partition coefficient (Wildman–Crippen LogP) is 3.21. The second kappa shape index (κ2) is 8.62. The molecule has 1 aliphatic rings. The normalized spacial score (nSPS) is 15.9. The van der Waals surface area contributed by atoms with Crippen molar-refractivity contribution >= 4 is 11.6 Å². The summed E-state index contributed by atoms with van der Waals surface area (Å²) in [5.74, 6) is -1.35. The number of hydrogen-bond acceptors (Lipinski definition) is 4. The molecule has 0 aromatic carbocycles. The Hall–Kier alpha value is -1.95. The molecule has 1 aliphatic heterocycles. The molecule has 0 spiro atoms. The number of primary amides is 1. The number of carbonyl (C=O) groups excluding carboxylic acids is 1. The molecule has 0 unspecified atom stereocenters. The number of hydrogen-bond donors (Lipinski definition) is 1. The Morgan fingerprint density at radius 2 is 1.96 bits per heavy atom. The van der Waals surface area contributed by atoms with Crippen molar-refractivity contribution in [2.75, 3.05) is 37.6 Å². The van der Waals surface area contributed by atoms with Gasteiger partial charge in [-0.15, -0.1) is 0 Å². The number of amides is 1. The number of halogens is 1. The van der Waals surface area contributed by atoms with Gasteiger partial charge >= 0.3 is 0 Å². The molecule has 5 nitrogen and oxygen atoms in total. The van der Waals surface area contributed by atoms with Crippen molar-refractivity contribution in [3.8, 4) is 0 Å². The lowest BCUT2D eigenvalue weighted by Gasteiger charge is -2.36. The number of nitrogens with zero attached hydrogens (tertiary/aromatic N) is 3. The third-order valence-electron chi connectivity index (χ3n) is 5.59. The third kappa shape index (κ3) is 5.04. The van der Waals surface area contributed by atoms with E-state index in [0.717, 1.165) is 52.0 Å². The fourth-order valence-electron chi connectivity index (χ4n) is 3.12. The second-order valence-electron chi connectivity index (χ2n) is 7.64. The van der Waals surface area contributed by atoms with E-state index in [9.17, 15) is 9.18 Å². The zero-order valence-electron chi connectivity index (χ0n) is 16.2. The van der Waals surface area contributed by atoms with E-state index in [2.05, 4.69) is 37.2 Å². The topological polar surface area (TPSA) is 62.5 Å². The molecule has 2 heterocycles. The second-order valence-corrected chi connectivity index (χ2v) is 7.64. The van der Waals surface area contributed by atoms with Crippen LogP contribution in [0.4, 0.5) is 10.1 Å². The first-order chi connectivity index (χ1) is 12.2. The molecule has 2 rings (SSSR count). The Kier molecular flexibility index (Phi) is 6.75. The van der Waals surface area contributed by atoms with Crippen LogP contribution < -0.4 is 10.6 Å². The fraction of sp³-hybridized carbons (Fsp3) is 0.600. The van der Waals surface area contributed by atoms with Crippen molar-refractivity contribution in [2.45, 2.75) is 40.0 Å². The Labute approximate surface area is 156 Å². The van der Waals surface area contributed by atoms with Crippen LogP contribution in [0.25, 0.3) is 0 Å². The van der Waals surface area contributed by atoms with Crippen molar-refractivity contribution in [3.63, 3.8) is 0 Å². The van der Waals surface area contributed by atoms with Gasteiger partial charge in [-0.1, -0.05) is 32.9 Å². The minimum Gasteiger partial charge on any atom is -0.365 e. The highest BCUT2D eigenvalue weighted by Gasteiger charge is 2.22. The quantitative estimate of drug-likeness (QED) is 0.570. The van der Waals surface area contributed by atoms with Gasteiger partial charge in [-0.2, -0.15) is 4.39 Å². The molecule has 6 heteroatoms. The lowest BCUT2D eigenvalue weighted by Crippen LogP contribution is -2.47. The maximum absolute atomic E-state index is 14.1. The van der Waals surface area contributed by atoms with Gasteiger partial charge in [0.1, 0.15) is 5.69 Å². The summed E-state index contributed by atoms with van der Waals surface area (Å²) < 4.78 is 14.1. The molecule has 1 aromatic rings. The van der Waals surface area contributed by atoms with E-state index in [4.69, 9.17) is 5.73 Å². The summed E-state index contributed by atoms with van der Waals surface area (Å²) in [6, 6.07) is 3.07. The van der Waals surface area contributed by atoms with Crippen molar-refractivity contribution in [3.05, 3.63) is 35.9 Å². The molecule has 1 fully saturated rings. The van der Waals surface area contributed by atoms with Gasteiger partial charge in [-0.3, -0.25) is 9.69 Å². The molecule has 26 heavy (non-hydrogen) atoms. The Morgan fingerprint density at radius 3 is 2.50 bits per heavy atom. The fourth-order valence-corrected chi connectivity index (χ4v) is 3.12. The molecule has 0 bridgehead atoms. The number of aromatic nitrogens is 1. The Balaban J connectivity index is 1.81. The van der Waals surface area contributed by atoms with Gasteiger partial charge in [0.25, 0.3) is 5.91 Å². The molecular formula is C20H31FN4O. The van der Waals surface area contributed by atoms with E-state index >= 15 is 0 Å². The summed E-state index contributed by atoms with van der Waals surface area (Å²) in [5.41, 5.74) is 7.06. The van der Waals surface area contributed by atoms with Gasteiger partial charge in [0.2, 0.25) is 5.95 Å². The van der Waals surface area contributed by atoms with Crippen LogP contribution in [0.5, 0.6) is 0 Å². The number of anilines is 1. The van der Waals surface area contributed by atoms with Crippen molar-refractivity contribution in [1.29, 1.82) is 0 Å². The Morgan fingerprint density at radius 1 is 1.31 bits per heavy atom. The highest BCUT2D eigenvalue weighted by Crippen LogP contribution is 2.31. The van der Waals surface area contributed by atoms with Crippen LogP contribution in [0.1, 0.15) is 50.5 Å². The van der Waals surface area contributed by atoms with Crippen LogP contribution in [0.3, 0.4) is 0 Å². The molecule has 0 saturated carbocycles. The molecule has 144 valence electrons. The summed E-state index contributed by atoms with van der Waals surface area (Å²) in [6.45, 7) is 15.3. The van der Waals surface area contributed by atoms with E-state index in [1.54, 1.807) is 6.07 Å². The van der Waals surface area contributed by atoms with E-state index in [0.29, 0.717) is 5.69 Å². The molecule has 1 aromatic heterocycles. The maximum atomic E-state index is 14.1. The van der Waals surface area contributed by atoms with Crippen LogP contribution in [0.15, 0.2) is 24.3 Å². The van der Waals surface area contributed by atoms with Crippen molar-refractivity contribution < 1.29 is 9.18 Å². The SMILES string of the molecule is C=C(CCCN1CCN(c2ccc(C(N)=O)nc2F)CC1)C(C)(C)CC. The standard InChI is InChI=1S/C20H31FN4O/c1-5-20(3,4)15(2)7-6-10-24-11-13-25(14-12-24)17-9-8-16(19(22)26)23-18(17)21/h8-9H,2,5-7,10-14H2,1,3-4H3,(H2,22,26). The summed E-state index contributed by atoms with van der Waals surface area (Å²) in [7, 11) is 0. The molecule has 0 atom stereocenters. The van der Waals surface area contributed by atoms with E-state index in [1.807, 2.05) is 4.90 Å². The van der Waals surface area contributed by atoms with Crippen LogP contribution >= 0.6 is 0 Å². The molecule has 0 aliphatic carbocycles. The minimum absolute atomic E-state index is 0.0416. The number of piperazine rings is 1. The highest BCUT2D eigenvalue weighted by atomic mass is 19.1. The molecule has 0 radical (unpaired) electrons. The highest BCUT2D eigenvalue weighted by molar-refractivity contribution is 5.90. The lowest BCUT2D eigenvalue weighted by molar-refractivity contribution is 0.0994. The minimum atomic E-state index is -0.715. The van der Waals surface area contributed by atoms with E-state index in [1.165, 1.54) is 11.6 Å². The molecular weight excluding hydrogens is 331 g/mol. The van der Waals surface area contributed by atoms with Crippen LogP contribution in [-0.4, -0.2) is 48.5 Å². The maximum Gasteiger partial charge on any atom is 0.267 e. The number of rotatable bonds is 8. The van der Waals surface area contributed by atoms with Crippen molar-refractivity contribution in [2.24, 2.45) is 11.1 Å². The van der Waals surface area contributed by atoms with E-state index in [-0.39, 0.29) is 11.1 Å². The van der Waals surface area contributed by atoms with Crippen LogP contribution in [0, 0.1) is 11.4 Å². The largest absolute Gasteiger partial charge is 0.365 e. The Bertz CT molecular complexity index is 651. The molecule has 1 amide bonds. The average Bonchev–Trinajstić information content (AvgIpc) is 2.62. The monoisotopic (exact) mass is 362 g/mol. The smallest absolute Gasteiger partial charge is 0.267 e. The van der Waals surface area contributed by atoms with Crippen LogP contribution in [0.2, 0.25) is 0 Å². The first-order valence-corrected chi connectivity index (χ1v) is 9.36. The van der Waals surface area contributed by atoms with Gasteiger partial charge in [-0.25, -0.2) is 4.98 Å². The van der Waals surface area contributed by atoms with Gasteiger partial charge < -0.3 is 10.6 Å². The predicted molar refractivity (Wildman–Crippen MR) is 104 cm³/mol. The lowest BCUT2D eigenvalue weighted by atomic mass is 9.80. The summed E-state index contributed by atoms with van der Waals surface area (Å²) in [5, 5.41) is 0. The summed E-state index contributed by atoms with van der Waals surface area (Å²) >= 11 is 0. The number of carbonyl (C=O) groups is 1. The zero-order chi connectivity index (χ0) is 19.3. The number of pyridine rings is 1. The molecule has 2 N–H and O–H groups in total. The number of allylic oxidation sites excluding steroid dienone is 1.